The molecule has 6 heteroatoms. The molecule has 1 aromatic carbocycles. The van der Waals surface area contributed by atoms with Crippen LogP contribution in [0.15, 0.2) is 29.6 Å². The molecule has 2 aromatic rings. The minimum atomic E-state index is -0.265. The van der Waals surface area contributed by atoms with Gasteiger partial charge in [0.05, 0.1) is 11.0 Å². The Bertz CT molecular complexity index is 667. The number of hydrogen-bond acceptors (Lipinski definition) is 4. The average Bonchev–Trinajstić information content (AvgIpc) is 2.95. The first-order chi connectivity index (χ1) is 11.2. The van der Waals surface area contributed by atoms with E-state index in [0.717, 1.165) is 23.4 Å². The van der Waals surface area contributed by atoms with Gasteiger partial charge in [-0.05, 0) is 43.0 Å². The third-order valence-electron chi connectivity index (χ3n) is 4.28. The van der Waals surface area contributed by atoms with E-state index in [9.17, 15) is 9.18 Å². The molecule has 0 radical (unpaired) electrons. The molecule has 3 rings (SSSR count). The summed E-state index contributed by atoms with van der Waals surface area (Å²) in [5.74, 6) is -0.0318. The topological polar surface area (TPSA) is 68.0 Å². The molecule has 1 unspecified atom stereocenters. The Kier molecular flexibility index (Phi) is 5.03. The summed E-state index contributed by atoms with van der Waals surface area (Å²) in [7, 11) is 0. The predicted molar refractivity (Wildman–Crippen MR) is 88.8 cm³/mol. The van der Waals surface area contributed by atoms with Crippen LogP contribution in [-0.4, -0.2) is 17.4 Å². The maximum absolute atomic E-state index is 13.1. The number of halogens is 1. The third kappa shape index (κ3) is 3.76. The molecule has 122 valence electrons. The number of hydrogen-bond donors (Lipinski definition) is 2. The second-order valence-corrected chi connectivity index (χ2v) is 6.80. The number of carbonyl (C=O) groups excluding carboxylic acids is 1. The second kappa shape index (κ2) is 7.19. The van der Waals surface area contributed by atoms with Gasteiger partial charge >= 0.3 is 0 Å². The van der Waals surface area contributed by atoms with Crippen molar-refractivity contribution in [2.24, 2.45) is 11.7 Å². The largest absolute Gasteiger partial charge is 0.344 e. The number of amides is 1. The highest BCUT2D eigenvalue weighted by atomic mass is 32.1. The van der Waals surface area contributed by atoms with E-state index in [4.69, 9.17) is 5.73 Å². The third-order valence-corrected chi connectivity index (χ3v) is 5.19. The number of nitrogens with one attached hydrogen (secondary N) is 1. The van der Waals surface area contributed by atoms with E-state index in [1.165, 1.54) is 29.9 Å². The zero-order chi connectivity index (χ0) is 16.2. The van der Waals surface area contributed by atoms with E-state index < -0.39 is 0 Å². The zero-order valence-electron chi connectivity index (χ0n) is 12.8. The van der Waals surface area contributed by atoms with Crippen LogP contribution < -0.4 is 11.1 Å². The Balaban J connectivity index is 1.74. The SMILES string of the molecule is NCCc1nc(C(=O)NC(c2ccc(F)cc2)C2CCC2)cs1. The van der Waals surface area contributed by atoms with Crippen LogP contribution in [0.4, 0.5) is 4.39 Å². The van der Waals surface area contributed by atoms with E-state index in [0.29, 0.717) is 24.6 Å². The lowest BCUT2D eigenvalue weighted by Gasteiger charge is -2.34. The predicted octanol–water partition coefficient (Wildman–Crippen LogP) is 3.05. The van der Waals surface area contributed by atoms with E-state index in [-0.39, 0.29) is 17.8 Å². The Hall–Kier alpha value is -1.79. The van der Waals surface area contributed by atoms with Crippen molar-refractivity contribution in [3.63, 3.8) is 0 Å². The molecule has 1 heterocycles. The normalized spacial score (nSPS) is 15.9. The van der Waals surface area contributed by atoms with Crippen LogP contribution in [0.3, 0.4) is 0 Å². The van der Waals surface area contributed by atoms with Gasteiger partial charge in [0.25, 0.3) is 5.91 Å². The van der Waals surface area contributed by atoms with Crippen molar-refractivity contribution >= 4 is 17.2 Å². The van der Waals surface area contributed by atoms with Gasteiger partial charge in [-0.2, -0.15) is 0 Å². The Morgan fingerprint density at radius 2 is 2.13 bits per heavy atom. The van der Waals surface area contributed by atoms with Crippen LogP contribution in [0.1, 0.15) is 46.4 Å². The fourth-order valence-corrected chi connectivity index (χ4v) is 3.58. The lowest BCUT2D eigenvalue weighted by Crippen LogP contribution is -2.36. The molecular weight excluding hydrogens is 313 g/mol. The van der Waals surface area contributed by atoms with Gasteiger partial charge in [0.2, 0.25) is 0 Å². The molecule has 4 nitrogen and oxygen atoms in total. The quantitative estimate of drug-likeness (QED) is 0.854. The van der Waals surface area contributed by atoms with Crippen LogP contribution in [0.2, 0.25) is 0 Å². The van der Waals surface area contributed by atoms with Crippen molar-refractivity contribution in [3.05, 3.63) is 51.7 Å². The van der Waals surface area contributed by atoms with Gasteiger partial charge in [0, 0.05) is 11.8 Å². The van der Waals surface area contributed by atoms with E-state index in [1.54, 1.807) is 17.5 Å². The van der Waals surface area contributed by atoms with Crippen molar-refractivity contribution < 1.29 is 9.18 Å². The zero-order valence-corrected chi connectivity index (χ0v) is 13.6. The number of nitrogens with zero attached hydrogens (tertiary/aromatic N) is 1. The number of thiazole rings is 1. The minimum Gasteiger partial charge on any atom is -0.344 e. The van der Waals surface area contributed by atoms with Crippen molar-refractivity contribution in [2.75, 3.05) is 6.54 Å². The molecule has 1 atom stereocenters. The van der Waals surface area contributed by atoms with Crippen molar-refractivity contribution in [3.8, 4) is 0 Å². The highest BCUT2D eigenvalue weighted by molar-refractivity contribution is 7.09. The van der Waals surface area contributed by atoms with E-state index >= 15 is 0 Å². The summed E-state index contributed by atoms with van der Waals surface area (Å²) in [5.41, 5.74) is 6.90. The number of nitrogens with two attached hydrogens (primary N) is 1. The summed E-state index contributed by atoms with van der Waals surface area (Å²) in [6, 6.07) is 6.29. The number of rotatable bonds is 6. The first kappa shape index (κ1) is 16.1. The lowest BCUT2D eigenvalue weighted by atomic mass is 9.77. The molecule has 1 saturated carbocycles. The monoisotopic (exact) mass is 333 g/mol. The van der Waals surface area contributed by atoms with Crippen molar-refractivity contribution in [1.29, 1.82) is 0 Å². The minimum absolute atomic E-state index is 0.0866. The molecular formula is C17H20FN3OS. The molecule has 1 aromatic heterocycles. The van der Waals surface area contributed by atoms with Gasteiger partial charge in [-0.1, -0.05) is 18.6 Å². The first-order valence-corrected chi connectivity index (χ1v) is 8.76. The number of aromatic nitrogens is 1. The van der Waals surface area contributed by atoms with Crippen molar-refractivity contribution in [1.82, 2.24) is 10.3 Å². The van der Waals surface area contributed by atoms with Crippen LogP contribution in [0, 0.1) is 11.7 Å². The molecule has 1 aliphatic rings. The summed E-state index contributed by atoms with van der Waals surface area (Å²) in [5, 5.41) is 5.72. The summed E-state index contributed by atoms with van der Waals surface area (Å²) in [4.78, 5) is 16.8. The van der Waals surface area contributed by atoms with Gasteiger partial charge in [-0.15, -0.1) is 11.3 Å². The fraction of sp³-hybridized carbons (Fsp3) is 0.412. The van der Waals surface area contributed by atoms with E-state index in [2.05, 4.69) is 10.3 Å². The molecule has 1 fully saturated rings. The molecule has 0 saturated heterocycles. The highest BCUT2D eigenvalue weighted by Crippen LogP contribution is 2.37. The smallest absolute Gasteiger partial charge is 0.271 e. The summed E-state index contributed by atoms with van der Waals surface area (Å²) in [6.07, 6.45) is 4.02. The maximum atomic E-state index is 13.1. The lowest BCUT2D eigenvalue weighted by molar-refractivity contribution is 0.0896. The molecule has 0 spiro atoms. The fourth-order valence-electron chi connectivity index (χ4n) is 2.79. The summed E-state index contributed by atoms with van der Waals surface area (Å²) >= 11 is 1.45. The maximum Gasteiger partial charge on any atom is 0.271 e. The number of benzene rings is 1. The van der Waals surface area contributed by atoms with Gasteiger partial charge in [-0.3, -0.25) is 4.79 Å². The number of carbonyl (C=O) groups is 1. The van der Waals surface area contributed by atoms with Crippen LogP contribution in [0.25, 0.3) is 0 Å². The highest BCUT2D eigenvalue weighted by Gasteiger charge is 2.30. The van der Waals surface area contributed by atoms with Crippen LogP contribution >= 0.6 is 11.3 Å². The van der Waals surface area contributed by atoms with Crippen LogP contribution in [0.5, 0.6) is 0 Å². The molecule has 0 aliphatic heterocycles. The first-order valence-electron chi connectivity index (χ1n) is 7.88. The van der Waals surface area contributed by atoms with Crippen LogP contribution in [-0.2, 0) is 6.42 Å². The average molecular weight is 333 g/mol. The summed E-state index contributed by atoms with van der Waals surface area (Å²) in [6.45, 7) is 0.523. The molecule has 1 amide bonds. The second-order valence-electron chi connectivity index (χ2n) is 5.86. The molecule has 23 heavy (non-hydrogen) atoms. The van der Waals surface area contributed by atoms with Crippen molar-refractivity contribution in [2.45, 2.75) is 31.7 Å². The van der Waals surface area contributed by atoms with Gasteiger partial charge in [-0.25, -0.2) is 9.37 Å². The molecule has 3 N–H and O–H groups in total. The molecule has 0 bridgehead atoms. The Morgan fingerprint density at radius 3 is 2.74 bits per heavy atom. The van der Waals surface area contributed by atoms with Gasteiger partial charge in [0.1, 0.15) is 11.5 Å². The van der Waals surface area contributed by atoms with E-state index in [1.807, 2.05) is 0 Å². The van der Waals surface area contributed by atoms with Gasteiger partial charge in [0.15, 0.2) is 0 Å². The molecule has 1 aliphatic carbocycles. The Morgan fingerprint density at radius 1 is 1.39 bits per heavy atom. The van der Waals surface area contributed by atoms with Gasteiger partial charge < -0.3 is 11.1 Å². The Labute approximate surface area is 138 Å². The summed E-state index contributed by atoms with van der Waals surface area (Å²) < 4.78 is 13.1. The standard InChI is InChI=1S/C17H20FN3OS/c18-13-6-4-12(5-7-13)16(11-2-1-3-11)21-17(22)14-10-23-15(20-14)8-9-19/h4-7,10-11,16H,1-3,8-9,19H2,(H,21,22).